The summed E-state index contributed by atoms with van der Waals surface area (Å²) in [5.74, 6) is 1.63. The Labute approximate surface area is 130 Å². The first-order chi connectivity index (χ1) is 10.5. The van der Waals surface area contributed by atoms with E-state index in [1.807, 2.05) is 23.8 Å². The van der Waals surface area contributed by atoms with Crippen LogP contribution in [0.2, 0.25) is 0 Å². The lowest BCUT2D eigenvalue weighted by atomic mass is 9.93. The summed E-state index contributed by atoms with van der Waals surface area (Å²) in [7, 11) is -3.15. The zero-order valence-corrected chi connectivity index (χ0v) is 13.6. The van der Waals surface area contributed by atoms with E-state index in [9.17, 15) is 8.42 Å². The Bertz CT molecular complexity index is 795. The Morgan fingerprint density at radius 3 is 2.68 bits per heavy atom. The van der Waals surface area contributed by atoms with E-state index in [1.54, 1.807) is 12.3 Å². The molecule has 0 amide bonds. The quantitative estimate of drug-likeness (QED) is 0.851. The molecule has 0 spiro atoms. The molecule has 2 fully saturated rings. The van der Waals surface area contributed by atoms with Gasteiger partial charge in [0.2, 0.25) is 0 Å². The summed E-state index contributed by atoms with van der Waals surface area (Å²) in [5.41, 5.74) is 0.970. The van der Waals surface area contributed by atoms with Gasteiger partial charge < -0.3 is 4.57 Å². The van der Waals surface area contributed by atoms with Crippen molar-refractivity contribution >= 4 is 9.84 Å². The van der Waals surface area contributed by atoms with Crippen molar-refractivity contribution in [2.75, 3.05) is 5.75 Å². The maximum atomic E-state index is 12.4. The van der Waals surface area contributed by atoms with Gasteiger partial charge in [-0.15, -0.1) is 0 Å². The van der Waals surface area contributed by atoms with Gasteiger partial charge in [-0.25, -0.2) is 13.1 Å². The molecule has 2 aliphatic rings. The van der Waals surface area contributed by atoms with E-state index in [1.165, 1.54) is 6.42 Å². The van der Waals surface area contributed by atoms with Crippen LogP contribution in [0.1, 0.15) is 43.8 Å². The zero-order chi connectivity index (χ0) is 15.3. The third-order valence-corrected chi connectivity index (χ3v) is 6.57. The maximum absolute atomic E-state index is 12.4. The molecule has 2 aromatic rings. The van der Waals surface area contributed by atoms with Gasteiger partial charge >= 0.3 is 0 Å². The summed E-state index contributed by atoms with van der Waals surface area (Å²) < 4.78 is 28.7. The molecule has 2 saturated carbocycles. The van der Waals surface area contributed by atoms with Crippen molar-refractivity contribution in [1.29, 1.82) is 0 Å². The van der Waals surface area contributed by atoms with Crippen LogP contribution in [0.5, 0.6) is 0 Å². The molecule has 0 saturated heterocycles. The Morgan fingerprint density at radius 2 is 2.05 bits per heavy atom. The molecule has 6 heteroatoms. The molecular formula is C16H21N3O2S. The third-order valence-electron chi connectivity index (χ3n) is 4.70. The fourth-order valence-electron chi connectivity index (χ4n) is 2.99. The molecule has 0 bridgehead atoms. The van der Waals surface area contributed by atoms with Crippen molar-refractivity contribution < 1.29 is 8.42 Å². The summed E-state index contributed by atoms with van der Waals surface area (Å²) >= 11 is 0. The molecule has 118 valence electrons. The van der Waals surface area contributed by atoms with Crippen LogP contribution in [0.25, 0.3) is 5.82 Å². The van der Waals surface area contributed by atoms with E-state index < -0.39 is 9.84 Å². The first-order valence-corrected chi connectivity index (χ1v) is 9.65. The van der Waals surface area contributed by atoms with Gasteiger partial charge in [0, 0.05) is 18.5 Å². The van der Waals surface area contributed by atoms with Gasteiger partial charge in [-0.1, -0.05) is 0 Å². The average molecular weight is 319 g/mol. The van der Waals surface area contributed by atoms with Crippen molar-refractivity contribution in [1.82, 2.24) is 14.3 Å². The van der Waals surface area contributed by atoms with Gasteiger partial charge in [0.1, 0.15) is 5.82 Å². The summed E-state index contributed by atoms with van der Waals surface area (Å²) in [4.78, 5) is 0.429. The monoisotopic (exact) mass is 319 g/mol. The zero-order valence-electron chi connectivity index (χ0n) is 12.8. The third kappa shape index (κ3) is 2.49. The van der Waals surface area contributed by atoms with E-state index >= 15 is 0 Å². The highest BCUT2D eigenvalue weighted by Gasteiger charge is 2.30. The molecule has 4 rings (SSSR count). The van der Waals surface area contributed by atoms with Gasteiger partial charge in [0.05, 0.1) is 22.4 Å². The number of aromatic nitrogens is 3. The fraction of sp³-hybridized carbons (Fsp3) is 0.562. The molecule has 5 nitrogen and oxygen atoms in total. The van der Waals surface area contributed by atoms with Gasteiger partial charge in [0.15, 0.2) is 9.84 Å². The average Bonchev–Trinajstić information content (AvgIpc) is 2.92. The second-order valence-electron chi connectivity index (χ2n) is 6.65. The number of sulfone groups is 1. The molecule has 0 atom stereocenters. The van der Waals surface area contributed by atoms with Crippen LogP contribution in [0.15, 0.2) is 29.4 Å². The van der Waals surface area contributed by atoms with Crippen molar-refractivity contribution in [3.05, 3.63) is 30.2 Å². The molecule has 2 aromatic heterocycles. The Balaban J connectivity index is 1.66. The van der Waals surface area contributed by atoms with E-state index in [-0.39, 0.29) is 5.75 Å². The lowest BCUT2D eigenvalue weighted by molar-refractivity contribution is 0.286. The van der Waals surface area contributed by atoms with E-state index in [0.717, 1.165) is 37.2 Å². The van der Waals surface area contributed by atoms with Crippen LogP contribution in [0.4, 0.5) is 0 Å². The van der Waals surface area contributed by atoms with Crippen LogP contribution in [0.3, 0.4) is 0 Å². The first-order valence-electron chi connectivity index (χ1n) is 8.00. The van der Waals surface area contributed by atoms with Crippen LogP contribution in [-0.4, -0.2) is 28.5 Å². The molecule has 2 aliphatic carbocycles. The maximum Gasteiger partial charge on any atom is 0.180 e. The normalized spacial score (nSPS) is 19.3. The van der Waals surface area contributed by atoms with E-state index in [0.29, 0.717) is 16.9 Å². The number of rotatable bonds is 5. The molecule has 0 N–H and O–H groups in total. The van der Waals surface area contributed by atoms with Crippen LogP contribution < -0.4 is 0 Å². The minimum absolute atomic E-state index is 0.290. The molecule has 0 aromatic carbocycles. The minimum Gasteiger partial charge on any atom is -0.307 e. The molecular weight excluding hydrogens is 298 g/mol. The molecule has 2 heterocycles. The predicted molar refractivity (Wildman–Crippen MR) is 84.0 cm³/mol. The number of hydrogen-bond donors (Lipinski definition) is 0. The van der Waals surface area contributed by atoms with Crippen molar-refractivity contribution in [3.63, 3.8) is 0 Å². The van der Waals surface area contributed by atoms with E-state index in [4.69, 9.17) is 0 Å². The minimum atomic E-state index is -3.15. The fourth-order valence-corrected chi connectivity index (χ4v) is 4.68. The van der Waals surface area contributed by atoms with Gasteiger partial charge in [-0.3, -0.25) is 0 Å². The van der Waals surface area contributed by atoms with Crippen LogP contribution in [0, 0.1) is 12.8 Å². The van der Waals surface area contributed by atoms with Crippen molar-refractivity contribution in [2.24, 2.45) is 5.92 Å². The smallest absolute Gasteiger partial charge is 0.180 e. The number of aryl methyl sites for hydroxylation is 1. The number of nitrogens with zero attached hydrogens (tertiary/aromatic N) is 3. The summed E-state index contributed by atoms with van der Waals surface area (Å²) in [6.45, 7) is 1.98. The Morgan fingerprint density at radius 1 is 1.27 bits per heavy atom. The standard InChI is InChI=1S/C16H21N3O2S/c1-12-9-16(19(17-12)14-3-2-4-14)18-8-7-15(10-18)22(20,21)11-13-5-6-13/h7-10,13-14H,2-6,11H2,1H3. The Kier molecular flexibility index (Phi) is 3.18. The SMILES string of the molecule is Cc1cc(-n2ccc(S(=O)(=O)CC3CC3)c2)n(C2CCC2)n1. The van der Waals surface area contributed by atoms with Crippen molar-refractivity contribution in [3.8, 4) is 5.82 Å². The molecule has 22 heavy (non-hydrogen) atoms. The van der Waals surface area contributed by atoms with Gasteiger partial charge in [0.25, 0.3) is 0 Å². The van der Waals surface area contributed by atoms with E-state index in [2.05, 4.69) is 9.78 Å². The predicted octanol–water partition coefficient (Wildman–Crippen LogP) is 2.89. The highest BCUT2D eigenvalue weighted by Crippen LogP contribution is 2.34. The highest BCUT2D eigenvalue weighted by molar-refractivity contribution is 7.91. The summed E-state index contributed by atoms with van der Waals surface area (Å²) in [5, 5.41) is 4.59. The highest BCUT2D eigenvalue weighted by atomic mass is 32.2. The van der Waals surface area contributed by atoms with Crippen LogP contribution in [-0.2, 0) is 9.84 Å². The van der Waals surface area contributed by atoms with Crippen molar-refractivity contribution in [2.45, 2.75) is 50.0 Å². The summed E-state index contributed by atoms with van der Waals surface area (Å²) in [6, 6.07) is 4.19. The lowest BCUT2D eigenvalue weighted by Crippen LogP contribution is -2.20. The summed E-state index contributed by atoms with van der Waals surface area (Å²) in [6.07, 6.45) is 9.23. The van der Waals surface area contributed by atoms with Gasteiger partial charge in [-0.2, -0.15) is 5.10 Å². The topological polar surface area (TPSA) is 56.9 Å². The largest absolute Gasteiger partial charge is 0.307 e. The van der Waals surface area contributed by atoms with Crippen LogP contribution >= 0.6 is 0 Å². The second-order valence-corrected chi connectivity index (χ2v) is 8.69. The molecule has 0 radical (unpaired) electrons. The first kappa shape index (κ1) is 14.1. The Hall–Kier alpha value is -1.56. The second kappa shape index (κ2) is 4.98. The molecule has 0 unspecified atom stereocenters. The number of hydrogen-bond acceptors (Lipinski definition) is 3. The molecule has 0 aliphatic heterocycles. The lowest BCUT2D eigenvalue weighted by Gasteiger charge is -2.27. The van der Waals surface area contributed by atoms with Gasteiger partial charge in [-0.05, 0) is 51.0 Å².